The molecular formula is C11H9FN2. The Hall–Kier alpha value is -1.90. The zero-order valence-electron chi connectivity index (χ0n) is 7.44. The van der Waals surface area contributed by atoms with Crippen molar-refractivity contribution in [3.63, 3.8) is 0 Å². The normalized spacial score (nSPS) is 10.9. The maximum atomic E-state index is 12.8. The largest absolute Gasteiger partial charge is 0.285 e. The van der Waals surface area contributed by atoms with Crippen molar-refractivity contribution in [1.82, 2.24) is 10.2 Å². The molecule has 2 rings (SSSR count). The summed E-state index contributed by atoms with van der Waals surface area (Å²) in [6, 6.07) is 8.26. The Morgan fingerprint density at radius 1 is 1.21 bits per heavy atom. The molecule has 1 aromatic heterocycles. The van der Waals surface area contributed by atoms with Crippen LogP contribution >= 0.6 is 0 Å². The lowest BCUT2D eigenvalue weighted by Crippen LogP contribution is -1.76. The number of aromatic nitrogens is 2. The molecule has 0 saturated carbocycles. The second-order valence-corrected chi connectivity index (χ2v) is 2.89. The van der Waals surface area contributed by atoms with E-state index in [-0.39, 0.29) is 5.82 Å². The second kappa shape index (κ2) is 3.87. The monoisotopic (exact) mass is 188 g/mol. The van der Waals surface area contributed by atoms with Gasteiger partial charge in [-0.1, -0.05) is 18.2 Å². The van der Waals surface area contributed by atoms with Gasteiger partial charge in [0.05, 0.1) is 5.69 Å². The first kappa shape index (κ1) is 8.69. The van der Waals surface area contributed by atoms with Crippen LogP contribution in [0.1, 0.15) is 11.3 Å². The Labute approximate surface area is 81.1 Å². The van der Waals surface area contributed by atoms with E-state index in [0.717, 1.165) is 11.3 Å². The summed E-state index contributed by atoms with van der Waals surface area (Å²) in [5.74, 6) is -0.228. The van der Waals surface area contributed by atoms with Crippen molar-refractivity contribution in [2.75, 3.05) is 0 Å². The molecule has 0 saturated heterocycles. The lowest BCUT2D eigenvalue weighted by Gasteiger charge is -1.91. The number of aromatic amines is 1. The summed E-state index contributed by atoms with van der Waals surface area (Å²) in [6.07, 6.45) is 5.38. The zero-order valence-corrected chi connectivity index (χ0v) is 7.44. The van der Waals surface area contributed by atoms with Gasteiger partial charge in [-0.3, -0.25) is 5.10 Å². The number of rotatable bonds is 2. The minimum atomic E-state index is -0.228. The van der Waals surface area contributed by atoms with Crippen LogP contribution in [0.25, 0.3) is 12.2 Å². The SMILES string of the molecule is Fc1cccc(/C=C/c2cc[nH]n2)c1. The predicted octanol–water partition coefficient (Wildman–Crippen LogP) is 2.72. The summed E-state index contributed by atoms with van der Waals surface area (Å²) in [4.78, 5) is 0. The third kappa shape index (κ3) is 2.07. The maximum Gasteiger partial charge on any atom is 0.123 e. The van der Waals surface area contributed by atoms with Crippen molar-refractivity contribution in [1.29, 1.82) is 0 Å². The Morgan fingerprint density at radius 3 is 2.86 bits per heavy atom. The maximum absolute atomic E-state index is 12.8. The molecule has 0 aliphatic carbocycles. The van der Waals surface area contributed by atoms with Crippen LogP contribution in [-0.2, 0) is 0 Å². The van der Waals surface area contributed by atoms with Gasteiger partial charge in [-0.05, 0) is 29.8 Å². The number of H-pyrrole nitrogens is 1. The van der Waals surface area contributed by atoms with Crippen LogP contribution in [0.5, 0.6) is 0 Å². The number of hydrogen-bond acceptors (Lipinski definition) is 1. The van der Waals surface area contributed by atoms with Crippen molar-refractivity contribution in [2.45, 2.75) is 0 Å². The van der Waals surface area contributed by atoms with Crippen LogP contribution in [0, 0.1) is 5.82 Å². The third-order valence-electron chi connectivity index (χ3n) is 1.82. The van der Waals surface area contributed by atoms with Gasteiger partial charge in [0.25, 0.3) is 0 Å². The van der Waals surface area contributed by atoms with Crippen LogP contribution < -0.4 is 0 Å². The Bertz CT molecular complexity index is 432. The average Bonchev–Trinajstić information content (AvgIpc) is 2.67. The first-order valence-corrected chi connectivity index (χ1v) is 4.28. The Balaban J connectivity index is 2.18. The predicted molar refractivity (Wildman–Crippen MR) is 53.9 cm³/mol. The van der Waals surface area contributed by atoms with E-state index in [1.165, 1.54) is 12.1 Å². The summed E-state index contributed by atoms with van der Waals surface area (Å²) in [6.45, 7) is 0. The number of benzene rings is 1. The van der Waals surface area contributed by atoms with Gasteiger partial charge in [-0.15, -0.1) is 0 Å². The van der Waals surface area contributed by atoms with Gasteiger partial charge in [0.1, 0.15) is 5.82 Å². The minimum Gasteiger partial charge on any atom is -0.285 e. The summed E-state index contributed by atoms with van der Waals surface area (Å²) >= 11 is 0. The zero-order chi connectivity index (χ0) is 9.80. The number of halogens is 1. The number of nitrogens with zero attached hydrogens (tertiary/aromatic N) is 1. The molecule has 0 unspecified atom stereocenters. The molecule has 14 heavy (non-hydrogen) atoms. The highest BCUT2D eigenvalue weighted by atomic mass is 19.1. The summed E-state index contributed by atoms with van der Waals surface area (Å²) < 4.78 is 12.8. The summed E-state index contributed by atoms with van der Waals surface area (Å²) in [7, 11) is 0. The summed E-state index contributed by atoms with van der Waals surface area (Å²) in [5.41, 5.74) is 1.65. The highest BCUT2D eigenvalue weighted by molar-refractivity contribution is 5.67. The molecule has 1 aromatic carbocycles. The van der Waals surface area contributed by atoms with Gasteiger partial charge >= 0.3 is 0 Å². The molecule has 0 radical (unpaired) electrons. The molecule has 3 heteroatoms. The van der Waals surface area contributed by atoms with Crippen LogP contribution in [0.15, 0.2) is 36.5 Å². The molecule has 0 bridgehead atoms. The molecule has 70 valence electrons. The van der Waals surface area contributed by atoms with Crippen molar-refractivity contribution in [3.05, 3.63) is 53.6 Å². The molecule has 1 N–H and O–H groups in total. The Morgan fingerprint density at radius 2 is 2.14 bits per heavy atom. The van der Waals surface area contributed by atoms with Crippen LogP contribution in [0.3, 0.4) is 0 Å². The van der Waals surface area contributed by atoms with Crippen molar-refractivity contribution >= 4 is 12.2 Å². The van der Waals surface area contributed by atoms with E-state index in [2.05, 4.69) is 10.2 Å². The van der Waals surface area contributed by atoms with E-state index in [1.807, 2.05) is 24.3 Å². The first-order chi connectivity index (χ1) is 6.84. The van der Waals surface area contributed by atoms with E-state index in [0.29, 0.717) is 0 Å². The van der Waals surface area contributed by atoms with Crippen molar-refractivity contribution < 1.29 is 4.39 Å². The van der Waals surface area contributed by atoms with Gasteiger partial charge < -0.3 is 0 Å². The molecule has 0 spiro atoms. The van der Waals surface area contributed by atoms with E-state index >= 15 is 0 Å². The number of hydrogen-bond donors (Lipinski definition) is 1. The highest BCUT2D eigenvalue weighted by Crippen LogP contribution is 2.07. The van der Waals surface area contributed by atoms with Crippen molar-refractivity contribution in [2.24, 2.45) is 0 Å². The van der Waals surface area contributed by atoms with Crippen LogP contribution in [-0.4, -0.2) is 10.2 Å². The Kier molecular flexibility index (Phi) is 2.40. The number of nitrogens with one attached hydrogen (secondary N) is 1. The fraction of sp³-hybridized carbons (Fsp3) is 0. The third-order valence-corrected chi connectivity index (χ3v) is 1.82. The summed E-state index contributed by atoms with van der Waals surface area (Å²) in [5, 5.41) is 6.65. The van der Waals surface area contributed by atoms with E-state index in [4.69, 9.17) is 0 Å². The highest BCUT2D eigenvalue weighted by Gasteiger charge is 1.91. The van der Waals surface area contributed by atoms with Gasteiger partial charge in [0, 0.05) is 6.20 Å². The molecule has 0 amide bonds. The van der Waals surface area contributed by atoms with Gasteiger partial charge in [0.2, 0.25) is 0 Å². The fourth-order valence-electron chi connectivity index (χ4n) is 1.16. The molecule has 2 nitrogen and oxygen atoms in total. The molecule has 0 fully saturated rings. The smallest absolute Gasteiger partial charge is 0.123 e. The van der Waals surface area contributed by atoms with Crippen LogP contribution in [0.2, 0.25) is 0 Å². The quantitative estimate of drug-likeness (QED) is 0.771. The first-order valence-electron chi connectivity index (χ1n) is 4.28. The standard InChI is InChI=1S/C11H9FN2/c12-10-3-1-2-9(8-10)4-5-11-6-7-13-14-11/h1-8H,(H,13,14)/b5-4+. The molecule has 2 aromatic rings. The molecule has 0 aliphatic rings. The van der Waals surface area contributed by atoms with Gasteiger partial charge in [-0.25, -0.2) is 4.39 Å². The fourth-order valence-corrected chi connectivity index (χ4v) is 1.16. The van der Waals surface area contributed by atoms with E-state index in [9.17, 15) is 4.39 Å². The van der Waals surface area contributed by atoms with E-state index < -0.39 is 0 Å². The van der Waals surface area contributed by atoms with Gasteiger partial charge in [-0.2, -0.15) is 5.10 Å². The van der Waals surface area contributed by atoms with Gasteiger partial charge in [0.15, 0.2) is 0 Å². The second-order valence-electron chi connectivity index (χ2n) is 2.89. The minimum absolute atomic E-state index is 0.228. The lowest BCUT2D eigenvalue weighted by atomic mass is 10.2. The van der Waals surface area contributed by atoms with Crippen LogP contribution in [0.4, 0.5) is 4.39 Å². The van der Waals surface area contributed by atoms with Crippen molar-refractivity contribution in [3.8, 4) is 0 Å². The molecule has 0 atom stereocenters. The lowest BCUT2D eigenvalue weighted by molar-refractivity contribution is 0.627. The average molecular weight is 188 g/mol. The molecular weight excluding hydrogens is 179 g/mol. The topological polar surface area (TPSA) is 28.7 Å². The molecule has 0 aliphatic heterocycles. The van der Waals surface area contributed by atoms with E-state index in [1.54, 1.807) is 12.3 Å². The molecule has 1 heterocycles.